The molecule has 1 rings (SSSR count). The van der Waals surface area contributed by atoms with Crippen LogP contribution in [0.5, 0.6) is 0 Å². The topological polar surface area (TPSA) is 81.1 Å². The summed E-state index contributed by atoms with van der Waals surface area (Å²) < 4.78 is 0. The summed E-state index contributed by atoms with van der Waals surface area (Å²) in [6.07, 6.45) is 0. The summed E-state index contributed by atoms with van der Waals surface area (Å²) in [5.41, 5.74) is 0.726. The second kappa shape index (κ2) is 7.64. The Bertz CT molecular complexity index is 485. The zero-order valence-electron chi connectivity index (χ0n) is 12.6. The molecule has 0 saturated carbocycles. The molecule has 21 heavy (non-hydrogen) atoms. The van der Waals surface area contributed by atoms with Crippen molar-refractivity contribution in [1.29, 1.82) is 0 Å². The quantitative estimate of drug-likeness (QED) is 0.841. The first-order valence-corrected chi connectivity index (χ1v) is 6.94. The fraction of sp³-hybridized carbons (Fsp3) is 0.467. The number of nitrogens with zero attached hydrogens (tertiary/aromatic N) is 2. The maximum Gasteiger partial charge on any atom is 0.335 e. The molecule has 6 heteroatoms. The van der Waals surface area contributed by atoms with E-state index in [0.29, 0.717) is 12.2 Å². The predicted octanol–water partition coefficient (Wildman–Crippen LogP) is 2.03. The van der Waals surface area contributed by atoms with Gasteiger partial charge in [0, 0.05) is 18.3 Å². The second-order valence-corrected chi connectivity index (χ2v) is 4.89. The van der Waals surface area contributed by atoms with E-state index < -0.39 is 5.97 Å². The highest BCUT2D eigenvalue weighted by molar-refractivity contribution is 5.93. The first kappa shape index (κ1) is 17.0. The van der Waals surface area contributed by atoms with Gasteiger partial charge >= 0.3 is 12.0 Å². The summed E-state index contributed by atoms with van der Waals surface area (Å²) in [4.78, 5) is 26.5. The first-order valence-electron chi connectivity index (χ1n) is 6.94. The molecule has 0 heterocycles. The van der Waals surface area contributed by atoms with Crippen molar-refractivity contribution in [2.24, 2.45) is 0 Å². The number of benzene rings is 1. The van der Waals surface area contributed by atoms with Crippen LogP contribution in [0.4, 0.5) is 10.5 Å². The number of amides is 2. The number of carboxylic acids is 1. The van der Waals surface area contributed by atoms with E-state index in [0.717, 1.165) is 0 Å². The van der Waals surface area contributed by atoms with Gasteiger partial charge in [-0.25, -0.2) is 9.59 Å². The molecule has 0 saturated heterocycles. The Hall–Kier alpha value is -2.08. The van der Waals surface area contributed by atoms with E-state index in [1.807, 2.05) is 20.8 Å². The largest absolute Gasteiger partial charge is 0.478 e. The lowest BCUT2D eigenvalue weighted by Crippen LogP contribution is -2.47. The summed E-state index contributed by atoms with van der Waals surface area (Å²) in [5.74, 6) is -1.01. The maximum atomic E-state index is 12.5. The second-order valence-electron chi connectivity index (χ2n) is 4.89. The summed E-state index contributed by atoms with van der Waals surface area (Å²) in [6, 6.07) is 5.88. The predicted molar refractivity (Wildman–Crippen MR) is 80.7 cm³/mol. The number of carbonyl (C=O) groups excluding carboxylic acids is 1. The molecular weight excluding hydrogens is 272 g/mol. The van der Waals surface area contributed by atoms with Crippen molar-refractivity contribution in [1.82, 2.24) is 4.90 Å². The van der Waals surface area contributed by atoms with Gasteiger partial charge < -0.3 is 15.1 Å². The first-order chi connectivity index (χ1) is 9.92. The molecule has 0 atom stereocenters. The Morgan fingerprint density at radius 2 is 1.76 bits per heavy atom. The number of hydrogen-bond acceptors (Lipinski definition) is 3. The van der Waals surface area contributed by atoms with Gasteiger partial charge in [-0.15, -0.1) is 0 Å². The van der Waals surface area contributed by atoms with Gasteiger partial charge in [0.1, 0.15) is 0 Å². The summed E-state index contributed by atoms with van der Waals surface area (Å²) in [7, 11) is 0. The van der Waals surface area contributed by atoms with E-state index in [1.165, 1.54) is 17.0 Å². The molecule has 0 radical (unpaired) electrons. The van der Waals surface area contributed by atoms with Gasteiger partial charge in [-0.1, -0.05) is 0 Å². The monoisotopic (exact) mass is 294 g/mol. The SMILES string of the molecule is CCN(C(=O)N(CCO)c1ccc(C(=O)O)cc1)C(C)C. The molecule has 1 aromatic carbocycles. The number of urea groups is 1. The third kappa shape index (κ3) is 4.19. The van der Waals surface area contributed by atoms with Crippen LogP contribution in [-0.2, 0) is 0 Å². The highest BCUT2D eigenvalue weighted by Gasteiger charge is 2.23. The van der Waals surface area contributed by atoms with Crippen LogP contribution >= 0.6 is 0 Å². The molecule has 0 unspecified atom stereocenters. The van der Waals surface area contributed by atoms with Crippen LogP contribution in [0.2, 0.25) is 0 Å². The summed E-state index contributed by atoms with van der Waals surface area (Å²) in [5, 5.41) is 18.1. The van der Waals surface area contributed by atoms with Gasteiger partial charge in [0.2, 0.25) is 0 Å². The van der Waals surface area contributed by atoms with Crippen molar-refractivity contribution in [2.45, 2.75) is 26.8 Å². The number of carbonyl (C=O) groups is 2. The Morgan fingerprint density at radius 1 is 1.19 bits per heavy atom. The lowest BCUT2D eigenvalue weighted by atomic mass is 10.2. The van der Waals surface area contributed by atoms with E-state index in [4.69, 9.17) is 5.11 Å². The fourth-order valence-electron chi connectivity index (χ4n) is 2.10. The minimum Gasteiger partial charge on any atom is -0.478 e. The molecule has 116 valence electrons. The molecule has 0 fully saturated rings. The van der Waals surface area contributed by atoms with Crippen LogP contribution in [-0.4, -0.2) is 52.9 Å². The summed E-state index contributed by atoms with van der Waals surface area (Å²) in [6.45, 7) is 6.29. The van der Waals surface area contributed by atoms with E-state index in [-0.39, 0.29) is 30.8 Å². The number of anilines is 1. The molecule has 0 bridgehead atoms. The van der Waals surface area contributed by atoms with Crippen LogP contribution in [0.1, 0.15) is 31.1 Å². The maximum absolute atomic E-state index is 12.5. The number of carboxylic acid groups (broad SMARTS) is 1. The van der Waals surface area contributed by atoms with Crippen LogP contribution < -0.4 is 4.90 Å². The Morgan fingerprint density at radius 3 is 2.14 bits per heavy atom. The minimum absolute atomic E-state index is 0.0435. The molecule has 2 N–H and O–H groups in total. The molecule has 1 aromatic rings. The lowest BCUT2D eigenvalue weighted by Gasteiger charge is -2.32. The highest BCUT2D eigenvalue weighted by Crippen LogP contribution is 2.18. The average molecular weight is 294 g/mol. The molecule has 0 spiro atoms. The van der Waals surface area contributed by atoms with Crippen molar-refractivity contribution in [3.63, 3.8) is 0 Å². The number of aliphatic hydroxyl groups is 1. The van der Waals surface area contributed by atoms with E-state index in [9.17, 15) is 14.7 Å². The average Bonchev–Trinajstić information content (AvgIpc) is 2.45. The molecule has 0 aliphatic heterocycles. The van der Waals surface area contributed by atoms with Gasteiger partial charge in [-0.05, 0) is 45.0 Å². The van der Waals surface area contributed by atoms with Gasteiger partial charge in [0.05, 0.1) is 18.7 Å². The molecule has 0 aromatic heterocycles. The van der Waals surface area contributed by atoms with Crippen LogP contribution in [0.15, 0.2) is 24.3 Å². The number of rotatable bonds is 6. The van der Waals surface area contributed by atoms with Gasteiger partial charge in [0.25, 0.3) is 0 Å². The summed E-state index contributed by atoms with van der Waals surface area (Å²) >= 11 is 0. The highest BCUT2D eigenvalue weighted by atomic mass is 16.4. The molecule has 0 aliphatic rings. The minimum atomic E-state index is -1.01. The van der Waals surface area contributed by atoms with Crippen LogP contribution in [0.3, 0.4) is 0 Å². The van der Waals surface area contributed by atoms with Gasteiger partial charge in [0.15, 0.2) is 0 Å². The molecule has 2 amide bonds. The van der Waals surface area contributed by atoms with Crippen molar-refractivity contribution in [3.8, 4) is 0 Å². The Labute approximate surface area is 124 Å². The number of aliphatic hydroxyl groups excluding tert-OH is 1. The molecular formula is C15H22N2O4. The van der Waals surface area contributed by atoms with Crippen molar-refractivity contribution >= 4 is 17.7 Å². The Kier molecular flexibility index (Phi) is 6.17. The zero-order valence-corrected chi connectivity index (χ0v) is 12.6. The Balaban J connectivity index is 3.05. The van der Waals surface area contributed by atoms with Crippen LogP contribution in [0.25, 0.3) is 0 Å². The standard InChI is InChI=1S/C15H22N2O4/c1-4-16(11(2)3)15(21)17(9-10-18)13-7-5-12(6-8-13)14(19)20/h5-8,11,18H,4,9-10H2,1-3H3,(H,19,20). The zero-order chi connectivity index (χ0) is 16.0. The number of hydrogen-bond donors (Lipinski definition) is 2. The molecule has 6 nitrogen and oxygen atoms in total. The van der Waals surface area contributed by atoms with Gasteiger partial charge in [-0.3, -0.25) is 4.90 Å². The van der Waals surface area contributed by atoms with E-state index in [2.05, 4.69) is 0 Å². The molecule has 0 aliphatic carbocycles. The van der Waals surface area contributed by atoms with Gasteiger partial charge in [-0.2, -0.15) is 0 Å². The normalized spacial score (nSPS) is 10.5. The van der Waals surface area contributed by atoms with Crippen molar-refractivity contribution < 1.29 is 19.8 Å². The fourth-order valence-corrected chi connectivity index (χ4v) is 2.10. The van der Waals surface area contributed by atoms with Crippen molar-refractivity contribution in [3.05, 3.63) is 29.8 Å². The van der Waals surface area contributed by atoms with Crippen molar-refractivity contribution in [2.75, 3.05) is 24.6 Å². The third-order valence-corrected chi connectivity index (χ3v) is 3.19. The van der Waals surface area contributed by atoms with Crippen LogP contribution in [0, 0.1) is 0 Å². The third-order valence-electron chi connectivity index (χ3n) is 3.19. The van der Waals surface area contributed by atoms with E-state index in [1.54, 1.807) is 17.0 Å². The van der Waals surface area contributed by atoms with E-state index >= 15 is 0 Å². The number of aromatic carboxylic acids is 1. The lowest BCUT2D eigenvalue weighted by molar-refractivity contribution is 0.0697. The smallest absolute Gasteiger partial charge is 0.335 e.